The van der Waals surface area contributed by atoms with Crippen LogP contribution in [0.15, 0.2) is 75.7 Å². The fourth-order valence-electron chi connectivity index (χ4n) is 4.43. The van der Waals surface area contributed by atoms with E-state index < -0.39 is 5.82 Å². The van der Waals surface area contributed by atoms with Crippen molar-refractivity contribution >= 4 is 43.6 Å². The molecular formula is C28H31Br2FN4O2. The number of carbonyl (C=O) groups is 1. The lowest BCUT2D eigenvalue weighted by atomic mass is 10.1. The molecule has 37 heavy (non-hydrogen) atoms. The Bertz CT molecular complexity index is 1190. The van der Waals surface area contributed by atoms with Crippen molar-refractivity contribution in [2.45, 2.75) is 19.6 Å². The fraction of sp³-hybridized carbons (Fsp3) is 0.321. The van der Waals surface area contributed by atoms with Crippen LogP contribution in [0, 0.1) is 5.82 Å². The number of hydrogen-bond donors (Lipinski definition) is 2. The second kappa shape index (κ2) is 13.5. The van der Waals surface area contributed by atoms with E-state index in [2.05, 4.69) is 71.2 Å². The summed E-state index contributed by atoms with van der Waals surface area (Å²) in [5.41, 5.74) is 3.40. The number of carbonyl (C=O) groups excluding carboxylic acids is 1. The minimum atomic E-state index is -0.395. The molecule has 6 nitrogen and oxygen atoms in total. The van der Waals surface area contributed by atoms with Gasteiger partial charge in [-0.25, -0.2) is 9.18 Å². The highest BCUT2D eigenvalue weighted by atomic mass is 79.9. The first kappa shape index (κ1) is 27.7. The summed E-state index contributed by atoms with van der Waals surface area (Å²) in [5.74, 6) is -0.395. The summed E-state index contributed by atoms with van der Waals surface area (Å²) in [4.78, 5) is 19.5. The molecule has 1 aliphatic heterocycles. The normalized spacial score (nSPS) is 14.5. The van der Waals surface area contributed by atoms with Crippen LogP contribution in [0.4, 0.5) is 14.9 Å². The number of anilines is 1. The average molecular weight is 634 g/mol. The topological polar surface area (TPSA) is 59.1 Å². The number of aliphatic hydroxyl groups excluding tert-OH is 1. The average Bonchev–Trinajstić information content (AvgIpc) is 2.89. The lowest BCUT2D eigenvalue weighted by Gasteiger charge is -2.35. The van der Waals surface area contributed by atoms with Gasteiger partial charge in [-0.3, -0.25) is 9.80 Å². The highest BCUT2D eigenvalue weighted by molar-refractivity contribution is 9.10. The summed E-state index contributed by atoms with van der Waals surface area (Å²) in [5, 5.41) is 12.5. The first-order chi connectivity index (χ1) is 17.9. The molecule has 0 aromatic heterocycles. The van der Waals surface area contributed by atoms with Gasteiger partial charge in [0.2, 0.25) is 0 Å². The van der Waals surface area contributed by atoms with Crippen molar-refractivity contribution < 1.29 is 14.3 Å². The smallest absolute Gasteiger partial charge is 0.322 e. The Morgan fingerprint density at radius 3 is 2.24 bits per heavy atom. The largest absolute Gasteiger partial charge is 0.395 e. The molecule has 196 valence electrons. The third kappa shape index (κ3) is 8.09. The zero-order valence-corrected chi connectivity index (χ0v) is 23.7. The molecule has 4 rings (SSSR count). The minimum Gasteiger partial charge on any atom is -0.395 e. The van der Waals surface area contributed by atoms with E-state index in [9.17, 15) is 14.3 Å². The second-order valence-corrected chi connectivity index (χ2v) is 11.0. The Balaban J connectivity index is 1.40. The third-order valence-electron chi connectivity index (χ3n) is 6.45. The van der Waals surface area contributed by atoms with Gasteiger partial charge in [-0.15, -0.1) is 0 Å². The van der Waals surface area contributed by atoms with E-state index in [1.807, 2.05) is 24.3 Å². The van der Waals surface area contributed by atoms with Crippen LogP contribution < -0.4 is 5.32 Å². The van der Waals surface area contributed by atoms with Crippen LogP contribution in [0.25, 0.3) is 0 Å². The molecule has 1 fully saturated rings. The maximum Gasteiger partial charge on any atom is 0.322 e. The van der Waals surface area contributed by atoms with Gasteiger partial charge >= 0.3 is 6.03 Å². The predicted molar refractivity (Wildman–Crippen MR) is 152 cm³/mol. The maximum absolute atomic E-state index is 14.3. The molecule has 9 heteroatoms. The van der Waals surface area contributed by atoms with Crippen LogP contribution in [0.1, 0.15) is 16.7 Å². The summed E-state index contributed by atoms with van der Waals surface area (Å²) in [6, 6.07) is 20.6. The van der Waals surface area contributed by atoms with Crippen LogP contribution in [-0.2, 0) is 19.6 Å². The molecule has 2 amide bonds. The van der Waals surface area contributed by atoms with E-state index in [1.54, 1.807) is 12.1 Å². The van der Waals surface area contributed by atoms with Gasteiger partial charge in [-0.2, -0.15) is 0 Å². The van der Waals surface area contributed by atoms with Crippen molar-refractivity contribution in [2.24, 2.45) is 0 Å². The highest BCUT2D eigenvalue weighted by Crippen LogP contribution is 2.25. The lowest BCUT2D eigenvalue weighted by molar-refractivity contribution is 0.122. The highest BCUT2D eigenvalue weighted by Gasteiger charge is 2.21. The quantitative estimate of drug-likeness (QED) is 0.318. The van der Waals surface area contributed by atoms with Crippen LogP contribution in [0.5, 0.6) is 0 Å². The van der Waals surface area contributed by atoms with Gasteiger partial charge in [0.1, 0.15) is 5.82 Å². The standard InChI is InChI=1S/C28H31Br2FN4O2/c29-24-8-9-26(31)23(16-24)20-35(14-15-36)28(37)32-27-17-25(30)7-6-22(27)19-34-12-10-33(11-13-34)18-21-4-2-1-3-5-21/h1-9,16-17,36H,10-15,18-20H2,(H,32,37). The summed E-state index contributed by atoms with van der Waals surface area (Å²) < 4.78 is 15.9. The number of hydrogen-bond acceptors (Lipinski definition) is 4. The van der Waals surface area contributed by atoms with Crippen molar-refractivity contribution in [2.75, 3.05) is 44.6 Å². The predicted octanol–water partition coefficient (Wildman–Crippen LogP) is 5.69. The van der Waals surface area contributed by atoms with Crippen molar-refractivity contribution in [3.05, 3.63) is 98.2 Å². The SMILES string of the molecule is O=C(Nc1cc(Br)ccc1CN1CCN(Cc2ccccc2)CC1)N(CCO)Cc1cc(Br)ccc1F. The van der Waals surface area contributed by atoms with Gasteiger partial charge in [0.05, 0.1) is 13.2 Å². The molecule has 0 unspecified atom stereocenters. The molecular weight excluding hydrogens is 603 g/mol. The molecule has 0 bridgehead atoms. The molecule has 1 saturated heterocycles. The minimum absolute atomic E-state index is 0.0460. The van der Waals surface area contributed by atoms with Crippen LogP contribution in [0.3, 0.4) is 0 Å². The van der Waals surface area contributed by atoms with Crippen LogP contribution >= 0.6 is 31.9 Å². The van der Waals surface area contributed by atoms with Gasteiger partial charge in [-0.1, -0.05) is 68.3 Å². The van der Waals surface area contributed by atoms with Gasteiger partial charge in [0.15, 0.2) is 0 Å². The number of aliphatic hydroxyl groups is 1. The van der Waals surface area contributed by atoms with E-state index in [0.29, 0.717) is 17.8 Å². The van der Waals surface area contributed by atoms with Gasteiger partial charge in [0.25, 0.3) is 0 Å². The molecule has 3 aromatic carbocycles. The maximum atomic E-state index is 14.3. The zero-order chi connectivity index (χ0) is 26.2. The molecule has 3 aromatic rings. The first-order valence-electron chi connectivity index (χ1n) is 12.3. The molecule has 0 aliphatic carbocycles. The number of urea groups is 1. The van der Waals surface area contributed by atoms with Crippen molar-refractivity contribution in [3.63, 3.8) is 0 Å². The monoisotopic (exact) mass is 632 g/mol. The Hall–Kier alpha value is -2.30. The van der Waals surface area contributed by atoms with Gasteiger partial charge in [0, 0.05) is 66.0 Å². The molecule has 0 atom stereocenters. The second-order valence-electron chi connectivity index (χ2n) is 9.15. The van der Waals surface area contributed by atoms with E-state index in [4.69, 9.17) is 0 Å². The summed E-state index contributed by atoms with van der Waals surface area (Å²) in [7, 11) is 0. The van der Waals surface area contributed by atoms with E-state index in [-0.39, 0.29) is 25.7 Å². The Morgan fingerprint density at radius 2 is 1.54 bits per heavy atom. The van der Waals surface area contributed by atoms with E-state index >= 15 is 0 Å². The number of amides is 2. The molecule has 1 aliphatic rings. The zero-order valence-electron chi connectivity index (χ0n) is 20.5. The first-order valence-corrected chi connectivity index (χ1v) is 13.9. The molecule has 0 spiro atoms. The summed E-state index contributed by atoms with van der Waals surface area (Å²) >= 11 is 6.86. The number of nitrogens with one attached hydrogen (secondary N) is 1. The van der Waals surface area contributed by atoms with Crippen molar-refractivity contribution in [1.82, 2.24) is 14.7 Å². The third-order valence-corrected chi connectivity index (χ3v) is 7.43. The van der Waals surface area contributed by atoms with Crippen molar-refractivity contribution in [1.29, 1.82) is 0 Å². The Kier molecular flexibility index (Phi) is 10.1. The Labute approximate surface area is 234 Å². The van der Waals surface area contributed by atoms with Crippen LogP contribution in [0.2, 0.25) is 0 Å². The number of halogens is 3. The molecule has 0 radical (unpaired) electrons. The fourth-order valence-corrected chi connectivity index (χ4v) is 5.20. The summed E-state index contributed by atoms with van der Waals surface area (Å²) in [6.45, 7) is 5.42. The van der Waals surface area contributed by atoms with E-state index in [1.165, 1.54) is 16.5 Å². The van der Waals surface area contributed by atoms with E-state index in [0.717, 1.165) is 47.2 Å². The van der Waals surface area contributed by atoms with Crippen molar-refractivity contribution in [3.8, 4) is 0 Å². The number of rotatable bonds is 9. The number of piperazine rings is 1. The molecule has 0 saturated carbocycles. The lowest BCUT2D eigenvalue weighted by Crippen LogP contribution is -2.45. The number of benzene rings is 3. The Morgan fingerprint density at radius 1 is 0.892 bits per heavy atom. The molecule has 2 N–H and O–H groups in total. The van der Waals surface area contributed by atoms with Gasteiger partial charge in [-0.05, 0) is 41.5 Å². The van der Waals surface area contributed by atoms with Gasteiger partial charge < -0.3 is 15.3 Å². The number of nitrogens with zero attached hydrogens (tertiary/aromatic N) is 3. The summed E-state index contributed by atoms with van der Waals surface area (Å²) in [6.07, 6.45) is 0. The molecule has 1 heterocycles. The van der Waals surface area contributed by atoms with Crippen LogP contribution in [-0.4, -0.2) is 65.2 Å².